The van der Waals surface area contributed by atoms with Gasteiger partial charge in [0.2, 0.25) is 0 Å². The summed E-state index contributed by atoms with van der Waals surface area (Å²) in [5.41, 5.74) is -2.03. The van der Waals surface area contributed by atoms with Crippen molar-refractivity contribution >= 4 is 21.5 Å². The number of nitro benzene ring substituents is 2. The Morgan fingerprint density at radius 3 is 1.94 bits per heavy atom. The molecule has 0 atom stereocenters. The van der Waals surface area contributed by atoms with Gasteiger partial charge in [-0.25, -0.2) is 8.42 Å². The Labute approximate surface area is 144 Å². The normalized spacial score (nSPS) is 10.6. The van der Waals surface area contributed by atoms with Crippen LogP contribution in [0.15, 0.2) is 17.0 Å². The zero-order valence-electron chi connectivity index (χ0n) is 9.32. The van der Waals surface area contributed by atoms with Crippen LogP contribution in [0, 0.1) is 27.2 Å². The van der Waals surface area contributed by atoms with E-state index in [0.29, 0.717) is 12.1 Å². The first-order valence-electron chi connectivity index (χ1n) is 4.04. The summed E-state index contributed by atoms with van der Waals surface area (Å²) in [4.78, 5) is 18.1. The molecule has 1 aromatic rings. The largest absolute Gasteiger partial charge is 1.00 e. The van der Waals surface area contributed by atoms with Crippen molar-refractivity contribution in [2.24, 2.45) is 0 Å². The van der Waals surface area contributed by atoms with Gasteiger partial charge in [0.1, 0.15) is 10.1 Å². The van der Waals surface area contributed by atoms with Crippen LogP contribution in [0.2, 0.25) is 0 Å². The van der Waals surface area contributed by atoms with Crippen molar-refractivity contribution in [1.82, 2.24) is 0 Å². The third-order valence-corrected chi connectivity index (χ3v) is 2.96. The van der Waals surface area contributed by atoms with E-state index in [1.54, 1.807) is 0 Å². The third kappa shape index (κ3) is 3.78. The second kappa shape index (κ2) is 6.14. The minimum absolute atomic E-state index is 0. The summed E-state index contributed by atoms with van der Waals surface area (Å²) in [6.45, 7) is 1.03. The van der Waals surface area contributed by atoms with E-state index in [2.05, 4.69) is 0 Å². The summed E-state index contributed by atoms with van der Waals surface area (Å²) in [7, 11) is -5.00. The third-order valence-electron chi connectivity index (χ3n) is 1.99. The second-order valence-corrected chi connectivity index (χ2v) is 4.40. The van der Waals surface area contributed by atoms with E-state index in [9.17, 15) is 33.2 Å². The van der Waals surface area contributed by atoms with E-state index >= 15 is 0 Å². The molecule has 0 aliphatic heterocycles. The molecule has 0 radical (unpaired) electrons. The summed E-state index contributed by atoms with van der Waals surface area (Å²) < 4.78 is 32.4. The van der Waals surface area contributed by atoms with Gasteiger partial charge in [-0.05, 0) is 6.92 Å². The SMILES string of the molecule is Cc1c([N+](=O)[O-])cc([N+](=O)[O-])cc1S(=O)(=O)[O-].[K+]. The van der Waals surface area contributed by atoms with Gasteiger partial charge in [-0.2, -0.15) is 0 Å². The molecule has 0 unspecified atom stereocenters. The number of hydrogen-bond acceptors (Lipinski definition) is 7. The van der Waals surface area contributed by atoms with Gasteiger partial charge < -0.3 is 4.55 Å². The Bertz CT molecular complexity index is 612. The number of nitro groups is 2. The molecule has 1 aromatic carbocycles. The molecule has 0 aliphatic rings. The van der Waals surface area contributed by atoms with Crippen LogP contribution in [0.3, 0.4) is 0 Å². The quantitative estimate of drug-likeness (QED) is 0.264. The van der Waals surface area contributed by atoms with Crippen molar-refractivity contribution < 1.29 is 74.2 Å². The summed E-state index contributed by atoms with van der Waals surface area (Å²) in [6, 6.07) is 1.11. The molecule has 0 saturated heterocycles. The molecule has 92 valence electrons. The predicted molar refractivity (Wildman–Crippen MR) is 52.5 cm³/mol. The van der Waals surface area contributed by atoms with E-state index in [1.165, 1.54) is 0 Å². The molecule has 0 bridgehead atoms. The Balaban J connectivity index is 0.00000289. The summed E-state index contributed by atoms with van der Waals surface area (Å²) in [5, 5.41) is 21.0. The fourth-order valence-electron chi connectivity index (χ4n) is 1.21. The van der Waals surface area contributed by atoms with Gasteiger partial charge in [-0.3, -0.25) is 20.2 Å². The first kappa shape index (κ1) is 17.6. The van der Waals surface area contributed by atoms with E-state index in [1.807, 2.05) is 0 Å². The minimum Gasteiger partial charge on any atom is -0.744 e. The van der Waals surface area contributed by atoms with Crippen LogP contribution in [0.4, 0.5) is 11.4 Å². The van der Waals surface area contributed by atoms with Crippen LogP contribution in [0.5, 0.6) is 0 Å². The van der Waals surface area contributed by atoms with Crippen molar-refractivity contribution in [2.75, 3.05) is 0 Å². The van der Waals surface area contributed by atoms with Crippen molar-refractivity contribution in [2.45, 2.75) is 11.8 Å². The predicted octanol–water partition coefficient (Wildman–Crippen LogP) is -2.28. The molecule has 18 heavy (non-hydrogen) atoms. The van der Waals surface area contributed by atoms with Crippen molar-refractivity contribution in [1.29, 1.82) is 0 Å². The molecule has 0 aromatic heterocycles. The smallest absolute Gasteiger partial charge is 0.744 e. The van der Waals surface area contributed by atoms with Gasteiger partial charge in [-0.15, -0.1) is 0 Å². The van der Waals surface area contributed by atoms with Gasteiger partial charge in [0.05, 0.1) is 20.8 Å². The van der Waals surface area contributed by atoms with Crippen molar-refractivity contribution in [3.05, 3.63) is 37.9 Å². The van der Waals surface area contributed by atoms with Crippen LogP contribution in [-0.2, 0) is 10.1 Å². The van der Waals surface area contributed by atoms with Gasteiger partial charge >= 0.3 is 51.4 Å². The molecule has 0 fully saturated rings. The molecule has 0 spiro atoms. The van der Waals surface area contributed by atoms with Crippen LogP contribution in [0.25, 0.3) is 0 Å². The summed E-state index contributed by atoms with van der Waals surface area (Å²) >= 11 is 0. The van der Waals surface area contributed by atoms with Gasteiger partial charge in [0.15, 0.2) is 0 Å². The van der Waals surface area contributed by atoms with Crippen LogP contribution < -0.4 is 51.4 Å². The standard InChI is InChI=1S/C7H6N2O7S.K/c1-4-6(9(12)13)2-5(8(10)11)3-7(4)17(14,15)16;/h2-3H,1H3,(H,14,15,16);/q;+1/p-1. The molecule has 0 amide bonds. The molecule has 0 heterocycles. The minimum atomic E-state index is -5.00. The van der Waals surface area contributed by atoms with Crippen molar-refractivity contribution in [3.63, 3.8) is 0 Å². The molecule has 1 rings (SSSR count). The maximum atomic E-state index is 10.8. The monoisotopic (exact) mass is 300 g/mol. The Morgan fingerprint density at radius 2 is 1.61 bits per heavy atom. The number of benzene rings is 1. The van der Waals surface area contributed by atoms with Crippen LogP contribution in [0.1, 0.15) is 5.56 Å². The molecule has 11 heteroatoms. The Hall–Kier alpha value is -0.434. The first-order valence-corrected chi connectivity index (χ1v) is 5.44. The zero-order chi connectivity index (χ0) is 13.4. The molecule has 9 nitrogen and oxygen atoms in total. The Morgan fingerprint density at radius 1 is 1.11 bits per heavy atom. The molecule has 0 saturated carbocycles. The molecule has 0 aliphatic carbocycles. The van der Waals surface area contributed by atoms with E-state index in [0.717, 1.165) is 6.92 Å². The fraction of sp³-hybridized carbons (Fsp3) is 0.143. The molecular weight excluding hydrogens is 295 g/mol. The van der Waals surface area contributed by atoms with E-state index in [4.69, 9.17) is 0 Å². The number of hydrogen-bond donors (Lipinski definition) is 0. The van der Waals surface area contributed by atoms with Crippen molar-refractivity contribution in [3.8, 4) is 0 Å². The maximum Gasteiger partial charge on any atom is 1.00 e. The number of nitrogens with zero attached hydrogens (tertiary/aromatic N) is 2. The second-order valence-electron chi connectivity index (χ2n) is 3.06. The van der Waals surface area contributed by atoms with Gasteiger partial charge in [0, 0.05) is 11.6 Å². The molecular formula is C7H5KN2O7S. The number of non-ortho nitro benzene ring substituents is 1. The average Bonchev–Trinajstić information content (AvgIpc) is 2.15. The number of rotatable bonds is 3. The Kier molecular flexibility index (Phi) is 5.99. The zero-order valence-corrected chi connectivity index (χ0v) is 13.3. The summed E-state index contributed by atoms with van der Waals surface area (Å²) in [5.74, 6) is 0. The fourth-order valence-corrected chi connectivity index (χ4v) is 1.96. The first-order chi connectivity index (χ1) is 7.64. The van der Waals surface area contributed by atoms with Gasteiger partial charge in [0.25, 0.3) is 11.4 Å². The summed E-state index contributed by atoms with van der Waals surface area (Å²) in [6.07, 6.45) is 0. The topological polar surface area (TPSA) is 143 Å². The van der Waals surface area contributed by atoms with Gasteiger partial charge in [-0.1, -0.05) is 0 Å². The maximum absolute atomic E-state index is 10.8. The van der Waals surface area contributed by atoms with Crippen LogP contribution >= 0.6 is 0 Å². The van der Waals surface area contributed by atoms with E-state index < -0.39 is 41.8 Å². The average molecular weight is 300 g/mol. The molecule has 0 N–H and O–H groups in total. The van der Waals surface area contributed by atoms with Crippen LogP contribution in [-0.4, -0.2) is 22.8 Å². The van der Waals surface area contributed by atoms with E-state index in [-0.39, 0.29) is 51.4 Å².